The van der Waals surface area contributed by atoms with Crippen molar-refractivity contribution < 1.29 is 36.3 Å². The summed E-state index contributed by atoms with van der Waals surface area (Å²) in [6, 6.07) is 0.819. The molecule has 0 bridgehead atoms. The lowest BCUT2D eigenvalue weighted by molar-refractivity contribution is -0.240. The van der Waals surface area contributed by atoms with Gasteiger partial charge in [0.15, 0.2) is 0 Å². The van der Waals surface area contributed by atoms with Crippen LogP contribution in [0.15, 0.2) is 6.07 Å². The predicted molar refractivity (Wildman–Crippen MR) is 117 cm³/mol. The average molecular weight is 534 g/mol. The van der Waals surface area contributed by atoms with Gasteiger partial charge in [-0.05, 0) is 32.1 Å². The van der Waals surface area contributed by atoms with Gasteiger partial charge in [0.05, 0.1) is 39.9 Å². The van der Waals surface area contributed by atoms with Gasteiger partial charge in [-0.25, -0.2) is 17.9 Å². The molecule has 1 aromatic rings. The maximum Gasteiger partial charge on any atom is 0.345 e. The molecule has 1 aromatic heterocycles. The molecule has 2 saturated carbocycles. The molecule has 15 heteroatoms. The van der Waals surface area contributed by atoms with Crippen molar-refractivity contribution in [2.45, 2.75) is 66.5 Å². The molecule has 0 amide bonds. The molecule has 0 radical (unpaired) electrons. The van der Waals surface area contributed by atoms with Gasteiger partial charge in [0, 0.05) is 12.0 Å². The minimum atomic E-state index is -4.21. The van der Waals surface area contributed by atoms with Crippen molar-refractivity contribution in [3.8, 4) is 0 Å². The van der Waals surface area contributed by atoms with E-state index in [1.807, 2.05) is 0 Å². The Morgan fingerprint density at radius 1 is 1.19 bits per heavy atom. The highest BCUT2D eigenvalue weighted by atomic mass is 35.5. The molecule has 1 heterocycles. The maximum atomic E-state index is 11.9. The van der Waals surface area contributed by atoms with Crippen LogP contribution in [-0.2, 0) is 29.8 Å². The molecule has 0 spiro atoms. The molecular weight excluding hydrogens is 509 g/mol. The Labute approximate surface area is 196 Å². The van der Waals surface area contributed by atoms with Crippen LogP contribution < -0.4 is 4.72 Å². The number of rotatable bonds is 6. The predicted octanol–water partition coefficient (Wildman–Crippen LogP) is 2.35. The van der Waals surface area contributed by atoms with E-state index >= 15 is 0 Å². The second kappa shape index (κ2) is 9.63. The summed E-state index contributed by atoms with van der Waals surface area (Å²) in [6.45, 7) is 0. The van der Waals surface area contributed by atoms with Crippen LogP contribution in [-0.4, -0.2) is 64.7 Å². The number of halogens is 2. The van der Waals surface area contributed by atoms with E-state index in [-0.39, 0.29) is 31.0 Å². The van der Waals surface area contributed by atoms with Crippen molar-refractivity contribution in [1.82, 2.24) is 9.78 Å². The number of anilines is 1. The third-order valence-corrected chi connectivity index (χ3v) is 8.70. The lowest BCUT2D eigenvalue weighted by atomic mass is 9.85. The third-order valence-electron chi connectivity index (χ3n) is 5.98. The van der Waals surface area contributed by atoms with Gasteiger partial charge >= 0.3 is 5.97 Å². The Hall–Kier alpha value is -1.12. The average Bonchev–Trinajstić information content (AvgIpc) is 3.07. The molecular formula is C17H25Cl2N3O8S2. The molecule has 2 aliphatic carbocycles. The molecule has 182 valence electrons. The Kier molecular flexibility index (Phi) is 7.67. The molecule has 0 aliphatic heterocycles. The summed E-state index contributed by atoms with van der Waals surface area (Å²) in [7, 11) is -7.90. The number of aromatic nitrogens is 2. The zero-order valence-electron chi connectivity index (χ0n) is 17.1. The molecule has 2 fully saturated rings. The van der Waals surface area contributed by atoms with Crippen LogP contribution in [0.25, 0.3) is 0 Å². The smallest absolute Gasteiger partial charge is 0.301 e. The molecule has 0 aromatic carbocycles. The van der Waals surface area contributed by atoms with Crippen LogP contribution in [0.4, 0.5) is 5.82 Å². The molecule has 3 rings (SSSR count). The normalized spacial score (nSPS) is 31.8. The maximum absolute atomic E-state index is 11.9. The first-order valence-electron chi connectivity index (χ1n) is 9.97. The Bertz CT molecular complexity index is 1050. The minimum absolute atomic E-state index is 0.112. The van der Waals surface area contributed by atoms with Crippen molar-refractivity contribution >= 4 is 55.1 Å². The van der Waals surface area contributed by atoms with Gasteiger partial charge in [-0.3, -0.25) is 9.27 Å². The van der Waals surface area contributed by atoms with Crippen LogP contribution in [0.5, 0.6) is 0 Å². The first-order chi connectivity index (χ1) is 14.8. The van der Waals surface area contributed by atoms with Crippen molar-refractivity contribution in [1.29, 1.82) is 0 Å². The first-order valence-corrected chi connectivity index (χ1v) is 14.2. The highest BCUT2D eigenvalue weighted by Gasteiger charge is 2.43. The van der Waals surface area contributed by atoms with Crippen molar-refractivity contribution in [2.75, 3.05) is 11.0 Å². The second-order valence-electron chi connectivity index (χ2n) is 8.37. The van der Waals surface area contributed by atoms with Crippen molar-refractivity contribution in [2.24, 2.45) is 5.92 Å². The number of sulfonamides is 1. The minimum Gasteiger partial charge on any atom is -0.301 e. The lowest BCUT2D eigenvalue weighted by Gasteiger charge is -2.35. The van der Waals surface area contributed by atoms with E-state index in [0.29, 0.717) is 25.0 Å². The van der Waals surface area contributed by atoms with Gasteiger partial charge in [-0.1, -0.05) is 6.42 Å². The second-order valence-corrected chi connectivity index (χ2v) is 12.9. The van der Waals surface area contributed by atoms with Crippen LogP contribution in [0.3, 0.4) is 0 Å². The van der Waals surface area contributed by atoms with E-state index in [9.17, 15) is 26.2 Å². The summed E-state index contributed by atoms with van der Waals surface area (Å²) >= 11 is 13.0. The SMILES string of the molecule is CS(=O)(=O)Nc1cc(C2CCCC(S(=O)(=O)O)C2)nn1C1C(Cl)CC(C(=O)OO)CC1Cl. The van der Waals surface area contributed by atoms with Crippen LogP contribution in [0, 0.1) is 5.92 Å². The fourth-order valence-corrected chi connectivity index (χ4v) is 7.05. The van der Waals surface area contributed by atoms with Gasteiger partial charge in [-0.2, -0.15) is 18.8 Å². The molecule has 0 saturated heterocycles. The molecule has 3 N–H and O–H groups in total. The van der Waals surface area contributed by atoms with Gasteiger partial charge in [-0.15, -0.1) is 23.2 Å². The standard InChI is InChI=1S/C17H25Cl2N3O8S2/c1-31(25,26)21-15-8-14(9-3-2-4-11(5-9)32(27,28)29)20-22(15)16-12(18)6-10(7-13(16)19)17(23)30-24/h8-13,16,21,24H,2-7H2,1H3,(H,27,28,29). The van der Waals surface area contributed by atoms with Gasteiger partial charge < -0.3 is 4.89 Å². The largest absolute Gasteiger partial charge is 0.345 e. The van der Waals surface area contributed by atoms with Gasteiger partial charge in [0.2, 0.25) is 10.0 Å². The summed E-state index contributed by atoms with van der Waals surface area (Å²) in [5, 5.41) is 10.8. The Morgan fingerprint density at radius 3 is 2.34 bits per heavy atom. The fraction of sp³-hybridized carbons (Fsp3) is 0.765. The number of alkyl halides is 2. The van der Waals surface area contributed by atoms with Crippen molar-refractivity contribution in [3.05, 3.63) is 11.8 Å². The molecule has 11 nitrogen and oxygen atoms in total. The number of hydrogen-bond acceptors (Lipinski definition) is 8. The number of hydrogen-bond donors (Lipinski definition) is 3. The third kappa shape index (κ3) is 5.86. The summed E-state index contributed by atoms with van der Waals surface area (Å²) in [6.07, 6.45) is 2.88. The molecule has 2 aliphatic rings. The summed E-state index contributed by atoms with van der Waals surface area (Å²) in [5.41, 5.74) is 0.453. The highest BCUT2D eigenvalue weighted by molar-refractivity contribution is 7.92. The number of nitrogens with zero attached hydrogens (tertiary/aromatic N) is 2. The van der Waals surface area contributed by atoms with E-state index in [4.69, 9.17) is 28.5 Å². The first kappa shape index (κ1) is 25.5. The Balaban J connectivity index is 1.95. The summed E-state index contributed by atoms with van der Waals surface area (Å²) in [4.78, 5) is 15.5. The number of carbonyl (C=O) groups is 1. The van der Waals surface area contributed by atoms with Gasteiger partial charge in [0.1, 0.15) is 5.82 Å². The number of carbonyl (C=O) groups excluding carboxylic acids is 1. The monoisotopic (exact) mass is 533 g/mol. The molecule has 4 unspecified atom stereocenters. The molecule has 4 atom stereocenters. The van der Waals surface area contributed by atoms with Crippen LogP contribution in [0.2, 0.25) is 0 Å². The van der Waals surface area contributed by atoms with E-state index in [0.717, 1.165) is 6.26 Å². The summed E-state index contributed by atoms with van der Waals surface area (Å²) in [5.74, 6) is -1.79. The zero-order valence-corrected chi connectivity index (χ0v) is 20.2. The topological polar surface area (TPSA) is 165 Å². The highest BCUT2D eigenvalue weighted by Crippen LogP contribution is 2.42. The molecule has 32 heavy (non-hydrogen) atoms. The Morgan fingerprint density at radius 2 is 1.81 bits per heavy atom. The lowest BCUT2D eigenvalue weighted by Crippen LogP contribution is -2.40. The van der Waals surface area contributed by atoms with E-state index in [2.05, 4.69) is 14.7 Å². The van der Waals surface area contributed by atoms with Crippen LogP contribution >= 0.6 is 23.2 Å². The summed E-state index contributed by atoms with van der Waals surface area (Å²) < 4.78 is 60.3. The van der Waals surface area contributed by atoms with E-state index in [1.54, 1.807) is 0 Å². The van der Waals surface area contributed by atoms with Crippen LogP contribution in [0.1, 0.15) is 56.2 Å². The van der Waals surface area contributed by atoms with Crippen molar-refractivity contribution in [3.63, 3.8) is 0 Å². The fourth-order valence-electron chi connectivity index (χ4n) is 4.51. The van der Waals surface area contributed by atoms with E-state index < -0.39 is 54.1 Å². The number of nitrogens with one attached hydrogen (secondary N) is 1. The zero-order chi connectivity index (χ0) is 23.8. The van der Waals surface area contributed by atoms with E-state index in [1.165, 1.54) is 10.7 Å². The van der Waals surface area contributed by atoms with Gasteiger partial charge in [0.25, 0.3) is 10.1 Å². The quantitative estimate of drug-likeness (QED) is 0.215.